The quantitative estimate of drug-likeness (QED) is 0.896. The van der Waals surface area contributed by atoms with Crippen molar-refractivity contribution in [3.8, 4) is 0 Å². The van der Waals surface area contributed by atoms with Gasteiger partial charge in [0.25, 0.3) is 11.8 Å². The van der Waals surface area contributed by atoms with Crippen molar-refractivity contribution in [1.82, 2.24) is 0 Å². The van der Waals surface area contributed by atoms with Gasteiger partial charge in [-0.15, -0.1) is 0 Å². The van der Waals surface area contributed by atoms with Crippen LogP contribution in [0.4, 0.5) is 11.4 Å². The number of nitrogens with zero attached hydrogens (tertiary/aromatic N) is 1. The van der Waals surface area contributed by atoms with Crippen LogP contribution in [-0.2, 0) is 9.53 Å². The molecule has 25 heavy (non-hydrogen) atoms. The number of carbonyl (C=O) groups is 2. The zero-order valence-corrected chi connectivity index (χ0v) is 14.6. The van der Waals surface area contributed by atoms with E-state index in [-0.39, 0.29) is 17.9 Å². The molecule has 0 saturated carbocycles. The lowest BCUT2D eigenvalue weighted by Crippen LogP contribution is -2.27. The zero-order valence-electron chi connectivity index (χ0n) is 13.8. The molecule has 0 spiro atoms. The first-order chi connectivity index (χ1) is 12.1. The molecule has 4 rings (SSSR count). The molecule has 2 heterocycles. The molecule has 128 valence electrons. The highest BCUT2D eigenvalue weighted by Gasteiger charge is 2.26. The third-order valence-electron chi connectivity index (χ3n) is 4.45. The maximum atomic E-state index is 12.7. The number of nitrogens with one attached hydrogen (secondary N) is 1. The molecule has 5 nitrogen and oxygen atoms in total. The summed E-state index contributed by atoms with van der Waals surface area (Å²) in [6, 6.07) is 13.2. The van der Waals surface area contributed by atoms with Crippen LogP contribution in [0.2, 0.25) is 0 Å². The number of fused-ring (bicyclic) bond motifs is 2. The Bertz CT molecular complexity index is 846. The van der Waals surface area contributed by atoms with Crippen LogP contribution in [0.1, 0.15) is 23.2 Å². The van der Waals surface area contributed by atoms with Gasteiger partial charge in [0.1, 0.15) is 6.10 Å². The van der Waals surface area contributed by atoms with Gasteiger partial charge in [-0.2, -0.15) is 0 Å². The largest absolute Gasteiger partial charge is 0.368 e. The third-order valence-corrected chi connectivity index (χ3v) is 5.58. The summed E-state index contributed by atoms with van der Waals surface area (Å²) in [5.41, 5.74) is 2.24. The summed E-state index contributed by atoms with van der Waals surface area (Å²) in [6.07, 6.45) is 1.31. The first kappa shape index (κ1) is 16.2. The lowest BCUT2D eigenvalue weighted by atomic mass is 10.2. The summed E-state index contributed by atoms with van der Waals surface area (Å²) >= 11 is 1.54. The molecule has 1 saturated heterocycles. The van der Waals surface area contributed by atoms with Gasteiger partial charge in [-0.05, 0) is 43.2 Å². The summed E-state index contributed by atoms with van der Waals surface area (Å²) in [6.45, 7) is 0.641. The Labute approximate surface area is 150 Å². The topological polar surface area (TPSA) is 58.6 Å². The van der Waals surface area contributed by atoms with Gasteiger partial charge in [-0.3, -0.25) is 9.59 Å². The normalized spacial score (nSPS) is 19.2. The van der Waals surface area contributed by atoms with E-state index in [9.17, 15) is 9.59 Å². The van der Waals surface area contributed by atoms with Crippen LogP contribution in [0.5, 0.6) is 0 Å². The molecule has 2 aromatic rings. The minimum Gasteiger partial charge on any atom is -0.368 e. The summed E-state index contributed by atoms with van der Waals surface area (Å²) < 4.78 is 5.43. The van der Waals surface area contributed by atoms with Crippen molar-refractivity contribution in [3.63, 3.8) is 0 Å². The van der Waals surface area contributed by atoms with E-state index in [1.807, 2.05) is 42.5 Å². The second kappa shape index (κ2) is 6.54. The molecule has 0 aromatic heterocycles. The number of ether oxygens (including phenoxy) is 1. The average Bonchev–Trinajstić information content (AvgIpc) is 3.13. The van der Waals surface area contributed by atoms with Gasteiger partial charge >= 0.3 is 0 Å². The molecule has 1 N–H and O–H groups in total. The molecule has 2 aliphatic rings. The van der Waals surface area contributed by atoms with Crippen LogP contribution in [0, 0.1) is 0 Å². The molecular weight excluding hydrogens is 336 g/mol. The number of hydrogen-bond donors (Lipinski definition) is 1. The van der Waals surface area contributed by atoms with Crippen molar-refractivity contribution in [2.24, 2.45) is 0 Å². The standard InChI is InChI=1S/C19H18N2O3S/c1-21-14-9-8-12(20-18(22)15-6-4-10-24-15)11-17(14)25-16-7-3-2-5-13(16)19(21)23/h2-3,5,7-9,11,15H,4,6,10H2,1H3,(H,20,22)/t15-/m0/s1. The van der Waals surface area contributed by atoms with Gasteiger partial charge in [-0.1, -0.05) is 23.9 Å². The summed E-state index contributed by atoms with van der Waals surface area (Å²) in [5.74, 6) is -0.140. The van der Waals surface area contributed by atoms with Crippen molar-refractivity contribution in [1.29, 1.82) is 0 Å². The minimum absolute atomic E-state index is 0.0296. The van der Waals surface area contributed by atoms with E-state index in [0.29, 0.717) is 17.9 Å². The summed E-state index contributed by atoms with van der Waals surface area (Å²) in [4.78, 5) is 28.4. The SMILES string of the molecule is CN1C(=O)c2ccccc2Sc2cc(NC(=O)[C@@H]3CCCO3)ccc21. The monoisotopic (exact) mass is 354 g/mol. The lowest BCUT2D eigenvalue weighted by molar-refractivity contribution is -0.124. The predicted molar refractivity (Wildman–Crippen MR) is 97.3 cm³/mol. The Morgan fingerprint density at radius 3 is 2.88 bits per heavy atom. The van der Waals surface area contributed by atoms with E-state index in [1.54, 1.807) is 11.9 Å². The third kappa shape index (κ3) is 3.03. The number of amides is 2. The maximum Gasteiger partial charge on any atom is 0.259 e. The second-order valence-corrected chi connectivity index (χ2v) is 7.22. The van der Waals surface area contributed by atoms with Gasteiger partial charge in [0.05, 0.1) is 11.3 Å². The highest BCUT2D eigenvalue weighted by atomic mass is 32.2. The van der Waals surface area contributed by atoms with Gasteiger partial charge in [0.2, 0.25) is 0 Å². The number of hydrogen-bond acceptors (Lipinski definition) is 4. The van der Waals surface area contributed by atoms with E-state index < -0.39 is 0 Å². The Kier molecular flexibility index (Phi) is 4.23. The summed E-state index contributed by atoms with van der Waals surface area (Å²) in [5, 5.41) is 2.92. The number of carbonyl (C=O) groups excluding carboxylic acids is 2. The predicted octanol–water partition coefficient (Wildman–Crippen LogP) is 3.55. The Morgan fingerprint density at radius 2 is 2.08 bits per heavy atom. The second-order valence-electron chi connectivity index (χ2n) is 6.14. The molecule has 0 radical (unpaired) electrons. The fourth-order valence-corrected chi connectivity index (χ4v) is 4.24. The minimum atomic E-state index is -0.364. The van der Waals surface area contributed by atoms with Crippen molar-refractivity contribution in [3.05, 3.63) is 48.0 Å². The van der Waals surface area contributed by atoms with Crippen LogP contribution in [-0.4, -0.2) is 31.6 Å². The van der Waals surface area contributed by atoms with E-state index in [4.69, 9.17) is 4.74 Å². The van der Waals surface area contributed by atoms with Gasteiger partial charge in [-0.25, -0.2) is 0 Å². The Balaban J connectivity index is 1.65. The summed E-state index contributed by atoms with van der Waals surface area (Å²) in [7, 11) is 1.77. The van der Waals surface area contributed by atoms with Crippen LogP contribution in [0.25, 0.3) is 0 Å². The fraction of sp³-hybridized carbons (Fsp3) is 0.263. The van der Waals surface area contributed by atoms with E-state index >= 15 is 0 Å². The van der Waals surface area contributed by atoms with Crippen molar-refractivity contribution < 1.29 is 14.3 Å². The highest BCUT2D eigenvalue weighted by molar-refractivity contribution is 7.99. The van der Waals surface area contributed by atoms with E-state index in [0.717, 1.165) is 28.3 Å². The highest BCUT2D eigenvalue weighted by Crippen LogP contribution is 2.42. The molecule has 0 bridgehead atoms. The number of benzene rings is 2. The van der Waals surface area contributed by atoms with Crippen LogP contribution in [0.15, 0.2) is 52.3 Å². The molecule has 6 heteroatoms. The molecule has 1 fully saturated rings. The maximum absolute atomic E-state index is 12.7. The van der Waals surface area contributed by atoms with E-state index in [1.165, 1.54) is 11.8 Å². The van der Waals surface area contributed by atoms with Crippen molar-refractivity contribution in [2.75, 3.05) is 23.9 Å². The number of anilines is 2. The molecule has 0 aliphatic carbocycles. The molecular formula is C19H18N2O3S. The van der Waals surface area contributed by atoms with Crippen molar-refractivity contribution in [2.45, 2.75) is 28.7 Å². The first-order valence-corrected chi connectivity index (χ1v) is 9.06. The first-order valence-electron chi connectivity index (χ1n) is 8.25. The molecule has 1 atom stereocenters. The van der Waals surface area contributed by atoms with E-state index in [2.05, 4.69) is 5.32 Å². The Morgan fingerprint density at radius 1 is 1.24 bits per heavy atom. The molecule has 2 aromatic carbocycles. The number of rotatable bonds is 2. The molecule has 2 aliphatic heterocycles. The molecule has 2 amide bonds. The van der Waals surface area contributed by atoms with Crippen LogP contribution < -0.4 is 10.2 Å². The Hall–Kier alpha value is -2.31. The van der Waals surface area contributed by atoms with Crippen LogP contribution in [0.3, 0.4) is 0 Å². The van der Waals surface area contributed by atoms with Gasteiger partial charge < -0.3 is 15.0 Å². The zero-order chi connectivity index (χ0) is 17.4. The van der Waals surface area contributed by atoms with Crippen molar-refractivity contribution >= 4 is 35.0 Å². The van der Waals surface area contributed by atoms with Gasteiger partial charge in [0.15, 0.2) is 0 Å². The molecule has 0 unspecified atom stereocenters. The van der Waals surface area contributed by atoms with Gasteiger partial charge in [0, 0.05) is 29.1 Å². The smallest absolute Gasteiger partial charge is 0.259 e. The average molecular weight is 354 g/mol. The fourth-order valence-electron chi connectivity index (χ4n) is 3.10. The van der Waals surface area contributed by atoms with Crippen LogP contribution >= 0.6 is 11.8 Å². The lowest BCUT2D eigenvalue weighted by Gasteiger charge is -2.18.